The molecule has 2 aromatic heterocycles. The molecule has 0 radical (unpaired) electrons. The van der Waals surface area contributed by atoms with E-state index in [9.17, 15) is 24.0 Å². The third-order valence-corrected chi connectivity index (χ3v) is 6.09. The van der Waals surface area contributed by atoms with E-state index in [2.05, 4.69) is 20.3 Å². The van der Waals surface area contributed by atoms with Crippen molar-refractivity contribution >= 4 is 41.1 Å². The number of ether oxygens (including phenoxy) is 1. The number of imide groups is 1. The fraction of sp³-hybridized carbons (Fsp3) is 0.348. The number of nitrogens with one attached hydrogen (secondary N) is 2. The van der Waals surface area contributed by atoms with E-state index in [1.165, 1.54) is 23.0 Å². The second-order valence-corrected chi connectivity index (χ2v) is 8.79. The highest BCUT2D eigenvalue weighted by Crippen LogP contribution is 2.34. The van der Waals surface area contributed by atoms with Crippen molar-refractivity contribution in [3.05, 3.63) is 52.1 Å². The molecule has 1 fully saturated rings. The first-order valence-corrected chi connectivity index (χ1v) is 11.3. The molecule has 186 valence electrons. The van der Waals surface area contributed by atoms with Crippen LogP contribution in [0.15, 0.2) is 35.4 Å². The summed E-state index contributed by atoms with van der Waals surface area (Å²) in [6.07, 6.45) is 0.776. The van der Waals surface area contributed by atoms with Gasteiger partial charge in [0.1, 0.15) is 19.1 Å². The maximum atomic E-state index is 12.5. The van der Waals surface area contributed by atoms with Gasteiger partial charge in [-0.1, -0.05) is 26.0 Å². The molecule has 3 aromatic rings. The number of carbonyl (C=O) groups is 4. The number of aldehydes is 1. The van der Waals surface area contributed by atoms with Crippen LogP contribution in [0.25, 0.3) is 11.2 Å². The van der Waals surface area contributed by atoms with E-state index >= 15 is 0 Å². The minimum atomic E-state index is -0.781. The molecule has 2 aliphatic heterocycles. The fourth-order valence-electron chi connectivity index (χ4n) is 4.12. The predicted octanol–water partition coefficient (Wildman–Crippen LogP) is 1.04. The number of H-pyrrole nitrogens is 1. The SMILES string of the molecule is CC(C)C(=O)Nc1nc2c(ncn2[C@H]2CC(C=O)[C@@H](CON3C(=O)c4ccccc4C3=O)O2)c(=O)[nH]1. The molecule has 5 rings (SSSR count). The van der Waals surface area contributed by atoms with Crippen LogP contribution in [0.5, 0.6) is 0 Å². The Morgan fingerprint density at radius 2 is 1.94 bits per heavy atom. The first kappa shape index (κ1) is 23.5. The van der Waals surface area contributed by atoms with Gasteiger partial charge in [-0.3, -0.25) is 38.9 Å². The van der Waals surface area contributed by atoms with Gasteiger partial charge >= 0.3 is 0 Å². The summed E-state index contributed by atoms with van der Waals surface area (Å²) in [5, 5.41) is 3.21. The Bertz CT molecular complexity index is 1410. The van der Waals surface area contributed by atoms with Crippen molar-refractivity contribution in [2.24, 2.45) is 11.8 Å². The summed E-state index contributed by atoms with van der Waals surface area (Å²) in [6.45, 7) is 3.17. The zero-order valence-corrected chi connectivity index (χ0v) is 19.3. The van der Waals surface area contributed by atoms with Crippen LogP contribution in [0.2, 0.25) is 0 Å². The van der Waals surface area contributed by atoms with Gasteiger partial charge in [-0.2, -0.15) is 4.98 Å². The summed E-state index contributed by atoms with van der Waals surface area (Å²) in [4.78, 5) is 77.7. The molecule has 1 unspecified atom stereocenters. The standard InChI is InChI=1S/C23H22N6O7/c1-11(2)19(31)26-23-25-18-17(20(32)27-23)24-10-28(18)16-7-12(8-30)15(36-16)9-35-29-21(33)13-5-3-4-6-14(13)22(29)34/h3-6,8,10-12,15-16H,7,9H2,1-2H3,(H2,25,26,27,31,32)/t12?,15-,16-/m1/s1. The van der Waals surface area contributed by atoms with E-state index < -0.39 is 35.6 Å². The van der Waals surface area contributed by atoms with Crippen LogP contribution in [0.4, 0.5) is 5.95 Å². The smallest absolute Gasteiger partial charge is 0.285 e. The number of fused-ring (bicyclic) bond motifs is 2. The van der Waals surface area contributed by atoms with Crippen LogP contribution in [0.3, 0.4) is 0 Å². The Balaban J connectivity index is 1.34. The summed E-state index contributed by atoms with van der Waals surface area (Å²) in [5.74, 6) is -2.49. The van der Waals surface area contributed by atoms with E-state index in [0.29, 0.717) is 11.3 Å². The van der Waals surface area contributed by atoms with E-state index in [-0.39, 0.29) is 53.1 Å². The monoisotopic (exact) mass is 494 g/mol. The van der Waals surface area contributed by atoms with Gasteiger partial charge in [0.25, 0.3) is 17.4 Å². The van der Waals surface area contributed by atoms with E-state index in [4.69, 9.17) is 9.57 Å². The number of amides is 3. The minimum Gasteiger partial charge on any atom is -0.351 e. The number of hydrogen-bond donors (Lipinski definition) is 2. The molecule has 2 N–H and O–H groups in total. The Morgan fingerprint density at radius 3 is 2.58 bits per heavy atom. The lowest BCUT2D eigenvalue weighted by Crippen LogP contribution is -2.35. The first-order chi connectivity index (χ1) is 17.3. The van der Waals surface area contributed by atoms with Crippen LogP contribution in [-0.4, -0.2) is 61.3 Å². The number of aromatic amines is 1. The number of aromatic nitrogens is 4. The lowest BCUT2D eigenvalue weighted by atomic mass is 10.0. The fourth-order valence-corrected chi connectivity index (χ4v) is 4.12. The van der Waals surface area contributed by atoms with Crippen molar-refractivity contribution in [3.8, 4) is 0 Å². The molecule has 0 bridgehead atoms. The van der Waals surface area contributed by atoms with Gasteiger partial charge in [0, 0.05) is 18.3 Å². The van der Waals surface area contributed by atoms with Crippen LogP contribution in [0, 0.1) is 11.8 Å². The van der Waals surface area contributed by atoms with Gasteiger partial charge in [0.05, 0.1) is 23.6 Å². The lowest BCUT2D eigenvalue weighted by molar-refractivity contribution is -0.138. The number of imidazole rings is 1. The second-order valence-electron chi connectivity index (χ2n) is 8.79. The molecular weight excluding hydrogens is 472 g/mol. The normalized spacial score (nSPS) is 21.4. The number of carbonyl (C=O) groups excluding carboxylic acids is 4. The molecule has 13 nitrogen and oxygen atoms in total. The van der Waals surface area contributed by atoms with Crippen molar-refractivity contribution in [1.82, 2.24) is 24.6 Å². The Morgan fingerprint density at radius 1 is 1.25 bits per heavy atom. The van der Waals surface area contributed by atoms with Crippen molar-refractivity contribution in [2.45, 2.75) is 32.6 Å². The number of nitrogens with zero attached hydrogens (tertiary/aromatic N) is 4. The maximum absolute atomic E-state index is 12.5. The number of hydroxylamine groups is 2. The van der Waals surface area contributed by atoms with Crippen molar-refractivity contribution < 1.29 is 28.8 Å². The highest BCUT2D eigenvalue weighted by atomic mass is 16.7. The molecule has 1 saturated heterocycles. The molecule has 3 atom stereocenters. The molecule has 1 aromatic carbocycles. The summed E-state index contributed by atoms with van der Waals surface area (Å²) in [7, 11) is 0. The second kappa shape index (κ2) is 9.09. The maximum Gasteiger partial charge on any atom is 0.285 e. The lowest BCUT2D eigenvalue weighted by Gasteiger charge is -2.19. The number of benzene rings is 1. The average Bonchev–Trinajstić information content (AvgIpc) is 3.53. The quantitative estimate of drug-likeness (QED) is 0.360. The van der Waals surface area contributed by atoms with Gasteiger partial charge in [-0.15, -0.1) is 5.06 Å². The molecule has 36 heavy (non-hydrogen) atoms. The molecule has 3 amide bonds. The average molecular weight is 494 g/mol. The van der Waals surface area contributed by atoms with Crippen LogP contribution in [0.1, 0.15) is 47.2 Å². The molecule has 13 heteroatoms. The van der Waals surface area contributed by atoms with Gasteiger partial charge in [0.2, 0.25) is 11.9 Å². The third-order valence-electron chi connectivity index (χ3n) is 6.09. The highest BCUT2D eigenvalue weighted by molar-refractivity contribution is 6.20. The molecule has 0 saturated carbocycles. The van der Waals surface area contributed by atoms with E-state index in [1.807, 2.05) is 0 Å². The van der Waals surface area contributed by atoms with Crippen LogP contribution < -0.4 is 10.9 Å². The Hall–Kier alpha value is -4.23. The summed E-state index contributed by atoms with van der Waals surface area (Å²) in [6, 6.07) is 6.36. The highest BCUT2D eigenvalue weighted by Gasteiger charge is 2.41. The number of hydrogen-bond acceptors (Lipinski definition) is 9. The number of rotatable bonds is 7. The summed E-state index contributed by atoms with van der Waals surface area (Å²) < 4.78 is 7.50. The van der Waals surface area contributed by atoms with Gasteiger partial charge in [0.15, 0.2) is 11.2 Å². The Labute approximate surface area is 203 Å². The molecule has 0 spiro atoms. The zero-order chi connectivity index (χ0) is 25.6. The van der Waals surface area contributed by atoms with E-state index in [1.54, 1.807) is 26.0 Å². The van der Waals surface area contributed by atoms with Gasteiger partial charge in [-0.05, 0) is 12.1 Å². The molecule has 4 heterocycles. The zero-order valence-electron chi connectivity index (χ0n) is 19.3. The number of anilines is 1. The molecule has 0 aliphatic carbocycles. The van der Waals surface area contributed by atoms with Crippen molar-refractivity contribution in [3.63, 3.8) is 0 Å². The first-order valence-electron chi connectivity index (χ1n) is 11.3. The van der Waals surface area contributed by atoms with Crippen LogP contribution in [-0.2, 0) is 19.2 Å². The third kappa shape index (κ3) is 3.97. The summed E-state index contributed by atoms with van der Waals surface area (Å²) in [5.41, 5.74) is 0.125. The Kier molecular flexibility index (Phi) is 5.94. The topological polar surface area (TPSA) is 166 Å². The van der Waals surface area contributed by atoms with E-state index in [0.717, 1.165) is 0 Å². The van der Waals surface area contributed by atoms with Gasteiger partial charge < -0.3 is 9.53 Å². The minimum absolute atomic E-state index is 0.0366. The van der Waals surface area contributed by atoms with Crippen molar-refractivity contribution in [2.75, 3.05) is 11.9 Å². The van der Waals surface area contributed by atoms with Gasteiger partial charge in [-0.25, -0.2) is 4.98 Å². The molecular formula is C23H22N6O7. The predicted molar refractivity (Wildman–Crippen MR) is 123 cm³/mol. The summed E-state index contributed by atoms with van der Waals surface area (Å²) >= 11 is 0. The van der Waals surface area contributed by atoms with Crippen molar-refractivity contribution in [1.29, 1.82) is 0 Å². The van der Waals surface area contributed by atoms with Crippen LogP contribution >= 0.6 is 0 Å². The molecule has 2 aliphatic rings. The largest absolute Gasteiger partial charge is 0.351 e.